The second-order valence-electron chi connectivity index (χ2n) is 3.16. The number of benzene rings is 2. The summed E-state index contributed by atoms with van der Waals surface area (Å²) < 4.78 is 17.5. The van der Waals surface area contributed by atoms with E-state index in [9.17, 15) is 4.21 Å². The Hall–Kier alpha value is -1.39. The average molecular weight is 250 g/mol. The van der Waals surface area contributed by atoms with Gasteiger partial charge < -0.3 is 4.18 Å². The summed E-state index contributed by atoms with van der Waals surface area (Å²) in [6.45, 7) is 0. The number of para-hydroxylation sites is 1. The molecule has 2 rings (SSSR count). The van der Waals surface area contributed by atoms with Crippen LogP contribution in [0, 0.1) is 0 Å². The summed E-state index contributed by atoms with van der Waals surface area (Å²) in [5.74, 6) is 0.520. The summed E-state index contributed by atoms with van der Waals surface area (Å²) >= 11 is 5.00. The first-order chi connectivity index (χ1) is 7.68. The molecule has 4 heteroatoms. The van der Waals surface area contributed by atoms with E-state index in [2.05, 4.69) is 0 Å². The zero-order valence-electron chi connectivity index (χ0n) is 8.41. The molecule has 0 aliphatic carbocycles. The molecule has 0 saturated carbocycles. The minimum absolute atomic E-state index is 0.520. The van der Waals surface area contributed by atoms with Gasteiger partial charge in [-0.2, -0.15) is 0 Å². The lowest BCUT2D eigenvalue weighted by Crippen LogP contribution is -2.07. The molecule has 0 amide bonds. The molecular weight excluding hydrogens is 240 g/mol. The molecule has 1 unspecified atom stereocenters. The molecule has 0 saturated heterocycles. The molecule has 0 N–H and O–H groups in total. The van der Waals surface area contributed by atoms with Crippen molar-refractivity contribution >= 4 is 20.0 Å². The molecule has 2 aromatic carbocycles. The molecule has 0 aromatic heterocycles. The highest BCUT2D eigenvalue weighted by Gasteiger charge is 2.10. The molecule has 1 atom stereocenters. The molecule has 0 spiro atoms. The van der Waals surface area contributed by atoms with Crippen LogP contribution in [0.1, 0.15) is 0 Å². The Labute approximate surface area is 99.8 Å². The van der Waals surface area contributed by atoms with Crippen LogP contribution in [0.15, 0.2) is 65.6 Å². The summed E-state index contributed by atoms with van der Waals surface area (Å²) in [5, 5.41) is 0. The fraction of sp³-hybridized carbons (Fsp3) is 0. The molecule has 2 aromatic rings. The molecule has 2 nitrogen and oxygen atoms in total. The third-order valence-corrected chi connectivity index (χ3v) is 4.02. The Morgan fingerprint density at radius 2 is 1.38 bits per heavy atom. The van der Waals surface area contributed by atoms with Crippen LogP contribution in [0.2, 0.25) is 0 Å². The predicted octanol–water partition coefficient (Wildman–Crippen LogP) is 2.79. The van der Waals surface area contributed by atoms with E-state index in [0.29, 0.717) is 10.6 Å². The molecule has 16 heavy (non-hydrogen) atoms. The van der Waals surface area contributed by atoms with Crippen molar-refractivity contribution in [3.63, 3.8) is 0 Å². The first-order valence-electron chi connectivity index (χ1n) is 4.73. The van der Waals surface area contributed by atoms with Crippen LogP contribution >= 0.6 is 0 Å². The van der Waals surface area contributed by atoms with Gasteiger partial charge in [-0.1, -0.05) is 36.4 Å². The Morgan fingerprint density at radius 1 is 0.875 bits per heavy atom. The van der Waals surface area contributed by atoms with E-state index >= 15 is 0 Å². The topological polar surface area (TPSA) is 26.3 Å². The fourth-order valence-corrected chi connectivity index (χ4v) is 2.76. The minimum Gasteiger partial charge on any atom is -0.397 e. The fourth-order valence-electron chi connectivity index (χ4n) is 1.24. The van der Waals surface area contributed by atoms with Gasteiger partial charge in [-0.05, 0) is 24.3 Å². The average Bonchev–Trinajstić information content (AvgIpc) is 2.31. The van der Waals surface area contributed by atoms with Crippen molar-refractivity contribution < 1.29 is 8.39 Å². The van der Waals surface area contributed by atoms with Gasteiger partial charge >= 0.3 is 0 Å². The van der Waals surface area contributed by atoms with Gasteiger partial charge in [-0.25, -0.2) is 4.21 Å². The van der Waals surface area contributed by atoms with Crippen molar-refractivity contribution in [1.29, 1.82) is 0 Å². The van der Waals surface area contributed by atoms with Crippen molar-refractivity contribution in [2.75, 3.05) is 0 Å². The maximum atomic E-state index is 12.1. The largest absolute Gasteiger partial charge is 0.397 e. The lowest BCUT2D eigenvalue weighted by molar-refractivity contribution is 0.559. The van der Waals surface area contributed by atoms with E-state index in [4.69, 9.17) is 15.4 Å². The van der Waals surface area contributed by atoms with E-state index in [1.54, 1.807) is 36.4 Å². The maximum Gasteiger partial charge on any atom is 0.215 e. The third-order valence-electron chi connectivity index (χ3n) is 1.98. The highest BCUT2D eigenvalue weighted by Crippen LogP contribution is 2.17. The number of hydrogen-bond donors (Lipinski definition) is 0. The van der Waals surface area contributed by atoms with Gasteiger partial charge in [0, 0.05) is 11.2 Å². The Morgan fingerprint density at radius 3 is 1.94 bits per heavy atom. The summed E-state index contributed by atoms with van der Waals surface area (Å²) in [5.41, 5.74) is 0. The minimum atomic E-state index is -2.88. The van der Waals surface area contributed by atoms with Gasteiger partial charge in [0.15, 0.2) is 0 Å². The Bertz CT molecular complexity index is 548. The van der Waals surface area contributed by atoms with E-state index in [1.165, 1.54) is 0 Å². The lowest BCUT2D eigenvalue weighted by atomic mass is 10.3. The van der Waals surface area contributed by atoms with Crippen LogP contribution < -0.4 is 4.18 Å². The highest BCUT2D eigenvalue weighted by atomic mass is 32.8. The molecule has 0 bridgehead atoms. The SMILES string of the molecule is O=S(=S)(Oc1ccccc1)c1ccccc1. The van der Waals surface area contributed by atoms with Crippen molar-refractivity contribution in [3.05, 3.63) is 60.7 Å². The van der Waals surface area contributed by atoms with Crippen LogP contribution in [-0.2, 0) is 20.0 Å². The van der Waals surface area contributed by atoms with Crippen molar-refractivity contribution in [3.8, 4) is 5.75 Å². The van der Waals surface area contributed by atoms with E-state index < -0.39 is 8.77 Å². The highest BCUT2D eigenvalue weighted by molar-refractivity contribution is 8.30. The lowest BCUT2D eigenvalue weighted by Gasteiger charge is -2.09. The molecule has 0 aliphatic heterocycles. The standard InChI is InChI=1S/C12H10O2S2/c13-16(15,12-9-5-2-6-10-12)14-11-7-3-1-4-8-11/h1-10H. The molecular formula is C12H10O2S2. The zero-order valence-corrected chi connectivity index (χ0v) is 10.0. The van der Waals surface area contributed by atoms with Crippen LogP contribution in [0.5, 0.6) is 5.75 Å². The van der Waals surface area contributed by atoms with Gasteiger partial charge in [0.25, 0.3) is 0 Å². The Kier molecular flexibility index (Phi) is 3.22. The van der Waals surface area contributed by atoms with Gasteiger partial charge in [0.1, 0.15) is 5.75 Å². The van der Waals surface area contributed by atoms with Gasteiger partial charge in [0.05, 0.1) is 4.90 Å². The van der Waals surface area contributed by atoms with Gasteiger partial charge in [-0.3, -0.25) is 0 Å². The summed E-state index contributed by atoms with van der Waals surface area (Å²) in [6.07, 6.45) is 0. The first-order valence-corrected chi connectivity index (χ1v) is 7.14. The van der Waals surface area contributed by atoms with E-state index in [0.717, 1.165) is 0 Å². The molecule has 82 valence electrons. The zero-order chi connectivity index (χ0) is 11.4. The van der Waals surface area contributed by atoms with Crippen LogP contribution in [0.3, 0.4) is 0 Å². The third kappa shape index (κ3) is 2.59. The van der Waals surface area contributed by atoms with Crippen LogP contribution in [0.25, 0.3) is 0 Å². The Balaban J connectivity index is 2.29. The number of hydrogen-bond acceptors (Lipinski definition) is 3. The quantitative estimate of drug-likeness (QED) is 0.838. The van der Waals surface area contributed by atoms with Crippen LogP contribution in [0.4, 0.5) is 0 Å². The normalized spacial score (nSPS) is 14.0. The second-order valence-corrected chi connectivity index (χ2v) is 6.03. The molecule has 0 fully saturated rings. The smallest absolute Gasteiger partial charge is 0.215 e. The number of rotatable bonds is 3. The van der Waals surface area contributed by atoms with Gasteiger partial charge in [0.2, 0.25) is 8.77 Å². The molecule has 0 radical (unpaired) electrons. The summed E-state index contributed by atoms with van der Waals surface area (Å²) in [6, 6.07) is 17.8. The molecule has 0 aliphatic rings. The van der Waals surface area contributed by atoms with Crippen molar-refractivity contribution in [1.82, 2.24) is 0 Å². The van der Waals surface area contributed by atoms with E-state index in [1.807, 2.05) is 24.3 Å². The van der Waals surface area contributed by atoms with Crippen LogP contribution in [-0.4, -0.2) is 4.21 Å². The monoisotopic (exact) mass is 250 g/mol. The maximum absolute atomic E-state index is 12.1. The first kappa shape index (κ1) is 11.1. The van der Waals surface area contributed by atoms with E-state index in [-0.39, 0.29) is 0 Å². The summed E-state index contributed by atoms with van der Waals surface area (Å²) in [4.78, 5) is 0.522. The molecule has 0 heterocycles. The van der Waals surface area contributed by atoms with Crippen molar-refractivity contribution in [2.24, 2.45) is 0 Å². The predicted molar refractivity (Wildman–Crippen MR) is 67.3 cm³/mol. The summed E-state index contributed by atoms with van der Waals surface area (Å²) in [7, 11) is -2.88. The van der Waals surface area contributed by atoms with Gasteiger partial charge in [-0.15, -0.1) is 0 Å². The second kappa shape index (κ2) is 4.63. The van der Waals surface area contributed by atoms with Crippen molar-refractivity contribution in [2.45, 2.75) is 4.90 Å².